The summed E-state index contributed by atoms with van der Waals surface area (Å²) in [6.45, 7) is 8.00. The molecule has 0 heterocycles. The molecule has 0 unspecified atom stereocenters. The van der Waals surface area contributed by atoms with Gasteiger partial charge in [0.25, 0.3) is 0 Å². The van der Waals surface area contributed by atoms with Crippen LogP contribution in [0.15, 0.2) is 0 Å². The van der Waals surface area contributed by atoms with Crippen LogP contribution >= 0.6 is 0 Å². The summed E-state index contributed by atoms with van der Waals surface area (Å²) < 4.78 is 0. The van der Waals surface area contributed by atoms with Gasteiger partial charge in [-0.25, -0.2) is 0 Å². The fraction of sp³-hybridized carbons (Fsp3) is 0. The van der Waals surface area contributed by atoms with E-state index in [2.05, 4.69) is 0 Å². The van der Waals surface area contributed by atoms with E-state index in [1.807, 2.05) is 27.2 Å². The summed E-state index contributed by atoms with van der Waals surface area (Å²) in [5.74, 6) is 0. The van der Waals surface area contributed by atoms with Crippen molar-refractivity contribution in [1.29, 1.82) is 0 Å². The van der Waals surface area contributed by atoms with Crippen molar-refractivity contribution in [2.24, 2.45) is 0 Å². The number of carbonyl (C=O) groups is 4. The maximum Gasteiger partial charge on any atom is 0.106 e. The first-order chi connectivity index (χ1) is 4.00. The van der Waals surface area contributed by atoms with Crippen molar-refractivity contribution < 1.29 is 38.7 Å². The first kappa shape index (κ1) is 40.6. The van der Waals surface area contributed by atoms with Crippen LogP contribution in [0.2, 0.25) is 0 Å². The van der Waals surface area contributed by atoms with Crippen molar-refractivity contribution in [1.82, 2.24) is 0 Å². The molecule has 0 saturated carbocycles. The molecule has 4 nitrogen and oxygen atoms in total. The topological polar surface area (TPSA) is 68.3 Å². The van der Waals surface area contributed by atoms with Crippen molar-refractivity contribution in [2.75, 3.05) is 0 Å². The van der Waals surface area contributed by atoms with Crippen LogP contribution in [0.4, 0.5) is 0 Å². The predicted octanol–water partition coefficient (Wildman–Crippen LogP) is -0.742. The molecular weight excluding hydrogens is 213 g/mol. The second kappa shape index (κ2) is 598. The molecule has 0 aromatic rings. The van der Waals surface area contributed by atoms with Gasteiger partial charge in [-0.3, -0.25) is 0 Å². The van der Waals surface area contributed by atoms with E-state index in [0.717, 1.165) is 0 Å². The van der Waals surface area contributed by atoms with Crippen LogP contribution in [0.1, 0.15) is 0 Å². The van der Waals surface area contributed by atoms with Gasteiger partial charge in [0.15, 0.2) is 0 Å². The fourth-order valence-electron chi connectivity index (χ4n) is 0. The van der Waals surface area contributed by atoms with E-state index in [4.69, 9.17) is 19.2 Å². The van der Waals surface area contributed by atoms with E-state index < -0.39 is 0 Å². The first-order valence-corrected chi connectivity index (χ1v) is 1.15. The van der Waals surface area contributed by atoms with Crippen molar-refractivity contribution in [3.63, 3.8) is 0 Å². The molecule has 0 aromatic heterocycles. The molecule has 0 aliphatic rings. The molecule has 0 saturated heterocycles. The Labute approximate surface area is 66.4 Å². The summed E-state index contributed by atoms with van der Waals surface area (Å²) in [6, 6.07) is 0. The largest absolute Gasteiger partial charge is 0.307 e. The Balaban J connectivity index is -0.00000000762. The zero-order chi connectivity index (χ0) is 8.00. The second-order valence-corrected chi connectivity index (χ2v) is 0. The minimum Gasteiger partial charge on any atom is -0.307 e. The molecule has 0 N–H and O–H groups in total. The summed E-state index contributed by atoms with van der Waals surface area (Å²) in [5, 5.41) is 0. The van der Waals surface area contributed by atoms with Gasteiger partial charge in [0, 0.05) is 19.5 Å². The van der Waals surface area contributed by atoms with Gasteiger partial charge in [-0.1, -0.05) is 0 Å². The van der Waals surface area contributed by atoms with Gasteiger partial charge >= 0.3 is 0 Å². The van der Waals surface area contributed by atoms with Crippen LogP contribution in [0.25, 0.3) is 0 Å². The first-order valence-electron chi connectivity index (χ1n) is 1.15. The molecule has 56 valence electrons. The van der Waals surface area contributed by atoms with E-state index in [0.29, 0.717) is 0 Å². The normalized spacial score (nSPS) is 1.78. The summed E-state index contributed by atoms with van der Waals surface area (Å²) >= 11 is 0. The zero-order valence-electron chi connectivity index (χ0n) is 4.81. The standard InChI is InChI=1S/4CH2O.Ru/c4*1-2;/h4*1H2;. The maximum atomic E-state index is 8.00. The van der Waals surface area contributed by atoms with Crippen LogP contribution in [-0.2, 0) is 38.7 Å². The molecule has 0 radical (unpaired) electrons. The minimum absolute atomic E-state index is 0. The van der Waals surface area contributed by atoms with Crippen molar-refractivity contribution in [3.05, 3.63) is 0 Å². The third kappa shape index (κ3) is 423. The van der Waals surface area contributed by atoms with E-state index in [-0.39, 0.29) is 19.5 Å². The molecule has 0 bridgehead atoms. The average molecular weight is 221 g/mol. The van der Waals surface area contributed by atoms with Gasteiger partial charge in [0.05, 0.1) is 0 Å². The van der Waals surface area contributed by atoms with Crippen LogP contribution in [-0.4, -0.2) is 27.2 Å². The summed E-state index contributed by atoms with van der Waals surface area (Å²) in [5.41, 5.74) is 0. The Morgan fingerprint density at radius 3 is 0.444 bits per heavy atom. The van der Waals surface area contributed by atoms with Crippen molar-refractivity contribution in [2.45, 2.75) is 0 Å². The average Bonchev–Trinajstić information content (AvgIpc) is 2.03. The smallest absolute Gasteiger partial charge is 0.106 e. The van der Waals surface area contributed by atoms with Gasteiger partial charge in [-0.2, -0.15) is 0 Å². The molecular formula is C4H8O4Ru. The third-order valence-corrected chi connectivity index (χ3v) is 0. The molecule has 0 fully saturated rings. The quantitative estimate of drug-likeness (QED) is 0.505. The minimum atomic E-state index is 0. The number of hydrogen-bond donors (Lipinski definition) is 0. The van der Waals surface area contributed by atoms with Gasteiger partial charge < -0.3 is 19.2 Å². The van der Waals surface area contributed by atoms with Crippen LogP contribution in [0.3, 0.4) is 0 Å². The molecule has 0 atom stereocenters. The summed E-state index contributed by atoms with van der Waals surface area (Å²) in [6.07, 6.45) is 0. The van der Waals surface area contributed by atoms with Crippen molar-refractivity contribution in [3.8, 4) is 0 Å². The third-order valence-electron chi connectivity index (χ3n) is 0. The number of rotatable bonds is 0. The van der Waals surface area contributed by atoms with Gasteiger partial charge in [0.2, 0.25) is 0 Å². The monoisotopic (exact) mass is 222 g/mol. The molecule has 0 aliphatic heterocycles. The Morgan fingerprint density at radius 2 is 0.444 bits per heavy atom. The SMILES string of the molecule is C=O.C=O.C=O.C=O.[Ru]. The number of hydrogen-bond acceptors (Lipinski definition) is 4. The molecule has 0 rings (SSSR count). The Bertz CT molecular complexity index is 20.5. The molecule has 0 spiro atoms. The van der Waals surface area contributed by atoms with Gasteiger partial charge in [-0.15, -0.1) is 0 Å². The summed E-state index contributed by atoms with van der Waals surface area (Å²) in [4.78, 5) is 32.0. The van der Waals surface area contributed by atoms with E-state index in [9.17, 15) is 0 Å². The Morgan fingerprint density at radius 1 is 0.444 bits per heavy atom. The van der Waals surface area contributed by atoms with Gasteiger partial charge in [0.1, 0.15) is 27.2 Å². The summed E-state index contributed by atoms with van der Waals surface area (Å²) in [7, 11) is 0. The molecule has 0 aliphatic carbocycles. The van der Waals surface area contributed by atoms with Gasteiger partial charge in [-0.05, 0) is 0 Å². The number of carbonyl (C=O) groups excluding carboxylic acids is 4. The zero-order valence-corrected chi connectivity index (χ0v) is 6.55. The second-order valence-electron chi connectivity index (χ2n) is 0. The Hall–Kier alpha value is -0.697. The van der Waals surface area contributed by atoms with E-state index in [1.54, 1.807) is 0 Å². The predicted molar refractivity (Wildman–Crippen MR) is 28.5 cm³/mol. The van der Waals surface area contributed by atoms with Crippen LogP contribution < -0.4 is 0 Å². The Kier molecular flexibility index (Phi) is 2700. The van der Waals surface area contributed by atoms with Crippen molar-refractivity contribution >= 4 is 27.2 Å². The molecule has 0 amide bonds. The maximum absolute atomic E-state index is 8.00. The van der Waals surface area contributed by atoms with Crippen LogP contribution in [0, 0.1) is 0 Å². The van der Waals surface area contributed by atoms with E-state index >= 15 is 0 Å². The molecule has 0 aromatic carbocycles. The van der Waals surface area contributed by atoms with Crippen LogP contribution in [0.5, 0.6) is 0 Å². The molecule has 9 heavy (non-hydrogen) atoms. The fourth-order valence-corrected chi connectivity index (χ4v) is 0. The van der Waals surface area contributed by atoms with E-state index in [1.165, 1.54) is 0 Å². The molecule has 5 heteroatoms.